The van der Waals surface area contributed by atoms with Crippen molar-refractivity contribution in [3.8, 4) is 0 Å². The van der Waals surface area contributed by atoms with Crippen molar-refractivity contribution in [2.75, 3.05) is 18.4 Å². The maximum absolute atomic E-state index is 12.1. The van der Waals surface area contributed by atoms with E-state index in [0.29, 0.717) is 15.9 Å². The van der Waals surface area contributed by atoms with Crippen LogP contribution in [0.15, 0.2) is 45.5 Å². The average molecular weight is 422 g/mol. The van der Waals surface area contributed by atoms with Crippen LogP contribution in [0.1, 0.15) is 34.8 Å². The van der Waals surface area contributed by atoms with Gasteiger partial charge in [-0.15, -0.1) is 0 Å². The van der Waals surface area contributed by atoms with Gasteiger partial charge in [-0.25, -0.2) is 0 Å². The fourth-order valence-corrected chi connectivity index (χ4v) is 2.28. The Balaban J connectivity index is 1.75. The van der Waals surface area contributed by atoms with Crippen LogP contribution in [0.5, 0.6) is 0 Å². The standard InChI is InChI=1S/C18H20BrN3O4/c1-11(2)16(23)22-13-5-3-12(4-6-13)17(24)20-9-10-21-18(25)14-7-8-15(19)26-14/h3-8,11H,9-10H2,1-2H3,(H,20,24)(H,21,25)(H,22,23). The van der Waals surface area contributed by atoms with Crippen molar-refractivity contribution < 1.29 is 18.8 Å². The second-order valence-electron chi connectivity index (χ2n) is 5.84. The fourth-order valence-electron chi connectivity index (χ4n) is 1.97. The van der Waals surface area contributed by atoms with Crippen molar-refractivity contribution in [3.05, 3.63) is 52.4 Å². The first-order chi connectivity index (χ1) is 12.4. The predicted molar refractivity (Wildman–Crippen MR) is 101 cm³/mol. The van der Waals surface area contributed by atoms with E-state index in [4.69, 9.17) is 4.42 Å². The van der Waals surface area contributed by atoms with Crippen LogP contribution in [0.2, 0.25) is 0 Å². The molecule has 0 unspecified atom stereocenters. The number of halogens is 1. The SMILES string of the molecule is CC(C)C(=O)Nc1ccc(C(=O)NCCNC(=O)c2ccc(Br)o2)cc1. The van der Waals surface area contributed by atoms with Gasteiger partial charge in [-0.1, -0.05) is 13.8 Å². The molecule has 0 aliphatic heterocycles. The van der Waals surface area contributed by atoms with Gasteiger partial charge < -0.3 is 20.4 Å². The summed E-state index contributed by atoms with van der Waals surface area (Å²) in [4.78, 5) is 35.5. The van der Waals surface area contributed by atoms with Crippen molar-refractivity contribution in [3.63, 3.8) is 0 Å². The third kappa shape index (κ3) is 5.73. The lowest BCUT2D eigenvalue weighted by atomic mass is 10.1. The molecule has 0 saturated carbocycles. The van der Waals surface area contributed by atoms with Gasteiger partial charge in [0.2, 0.25) is 5.91 Å². The van der Waals surface area contributed by atoms with Gasteiger partial charge >= 0.3 is 0 Å². The molecule has 7 nitrogen and oxygen atoms in total. The lowest BCUT2D eigenvalue weighted by molar-refractivity contribution is -0.118. The van der Waals surface area contributed by atoms with E-state index in [9.17, 15) is 14.4 Å². The largest absolute Gasteiger partial charge is 0.444 e. The number of hydrogen-bond acceptors (Lipinski definition) is 4. The molecule has 138 valence electrons. The molecule has 2 aromatic rings. The van der Waals surface area contributed by atoms with Gasteiger partial charge in [-0.2, -0.15) is 0 Å². The van der Waals surface area contributed by atoms with Gasteiger partial charge in [0.25, 0.3) is 11.8 Å². The summed E-state index contributed by atoms with van der Waals surface area (Å²) < 4.78 is 5.61. The van der Waals surface area contributed by atoms with Crippen LogP contribution < -0.4 is 16.0 Å². The minimum absolute atomic E-state index is 0.0819. The molecule has 0 spiro atoms. The van der Waals surface area contributed by atoms with Crippen molar-refractivity contribution >= 4 is 39.3 Å². The molecule has 0 fully saturated rings. The van der Waals surface area contributed by atoms with Gasteiger partial charge in [-0.05, 0) is 52.3 Å². The predicted octanol–water partition coefficient (Wildman–Crippen LogP) is 2.80. The number of anilines is 1. The van der Waals surface area contributed by atoms with Crippen molar-refractivity contribution in [2.45, 2.75) is 13.8 Å². The molecule has 1 aromatic heterocycles. The highest BCUT2D eigenvalue weighted by Crippen LogP contribution is 2.13. The van der Waals surface area contributed by atoms with E-state index in [1.54, 1.807) is 50.2 Å². The van der Waals surface area contributed by atoms with Crippen LogP contribution in [-0.2, 0) is 4.79 Å². The number of carbonyl (C=O) groups is 3. The first-order valence-electron chi connectivity index (χ1n) is 8.09. The summed E-state index contributed by atoms with van der Waals surface area (Å²) in [5.74, 6) is -0.615. The van der Waals surface area contributed by atoms with Crippen molar-refractivity contribution in [1.29, 1.82) is 0 Å². The Bertz CT molecular complexity index is 784. The number of benzene rings is 1. The number of nitrogens with one attached hydrogen (secondary N) is 3. The van der Waals surface area contributed by atoms with E-state index in [1.165, 1.54) is 0 Å². The molecule has 8 heteroatoms. The van der Waals surface area contributed by atoms with E-state index < -0.39 is 0 Å². The molecule has 3 N–H and O–H groups in total. The minimum Gasteiger partial charge on any atom is -0.444 e. The summed E-state index contributed by atoms with van der Waals surface area (Å²) in [6, 6.07) is 9.79. The molecular formula is C18H20BrN3O4. The number of hydrogen-bond donors (Lipinski definition) is 3. The Morgan fingerprint density at radius 2 is 1.58 bits per heavy atom. The Morgan fingerprint density at radius 3 is 2.12 bits per heavy atom. The molecule has 0 bridgehead atoms. The monoisotopic (exact) mass is 421 g/mol. The van der Waals surface area contributed by atoms with Crippen molar-refractivity contribution in [1.82, 2.24) is 10.6 Å². The third-order valence-electron chi connectivity index (χ3n) is 3.43. The number of amides is 3. The highest BCUT2D eigenvalue weighted by atomic mass is 79.9. The topological polar surface area (TPSA) is 100 Å². The maximum Gasteiger partial charge on any atom is 0.287 e. The molecule has 2 rings (SSSR count). The summed E-state index contributed by atoms with van der Waals surface area (Å²) in [6.45, 7) is 4.16. The molecular weight excluding hydrogens is 402 g/mol. The van der Waals surface area contributed by atoms with Crippen LogP contribution in [0, 0.1) is 5.92 Å². The van der Waals surface area contributed by atoms with Gasteiger partial charge in [0.1, 0.15) is 0 Å². The number of rotatable bonds is 7. The number of furan rings is 1. The van der Waals surface area contributed by atoms with Gasteiger partial charge in [0, 0.05) is 30.3 Å². The summed E-state index contributed by atoms with van der Waals surface area (Å²) in [7, 11) is 0. The normalized spacial score (nSPS) is 10.5. The van der Waals surface area contributed by atoms with E-state index in [0.717, 1.165) is 0 Å². The second kappa shape index (κ2) is 9.19. The maximum atomic E-state index is 12.1. The van der Waals surface area contributed by atoms with Crippen LogP contribution in [0.25, 0.3) is 0 Å². The van der Waals surface area contributed by atoms with E-state index in [1.807, 2.05) is 0 Å². The molecule has 0 aliphatic carbocycles. The molecule has 1 aromatic carbocycles. The first-order valence-corrected chi connectivity index (χ1v) is 8.89. The molecule has 3 amide bonds. The summed E-state index contributed by atoms with van der Waals surface area (Å²) in [6.07, 6.45) is 0. The zero-order valence-corrected chi connectivity index (χ0v) is 16.1. The smallest absolute Gasteiger partial charge is 0.287 e. The summed E-state index contributed by atoms with van der Waals surface area (Å²) >= 11 is 3.13. The Labute approximate surface area is 159 Å². The zero-order valence-electron chi connectivity index (χ0n) is 14.5. The number of carbonyl (C=O) groups excluding carboxylic acids is 3. The van der Waals surface area contributed by atoms with E-state index >= 15 is 0 Å². The van der Waals surface area contributed by atoms with Gasteiger partial charge in [0.05, 0.1) is 0 Å². The molecule has 0 radical (unpaired) electrons. The summed E-state index contributed by atoms with van der Waals surface area (Å²) in [5.41, 5.74) is 1.10. The molecule has 0 saturated heterocycles. The van der Waals surface area contributed by atoms with Crippen LogP contribution in [0.4, 0.5) is 5.69 Å². The second-order valence-corrected chi connectivity index (χ2v) is 6.62. The zero-order chi connectivity index (χ0) is 19.1. The van der Waals surface area contributed by atoms with Gasteiger partial charge in [-0.3, -0.25) is 14.4 Å². The van der Waals surface area contributed by atoms with Crippen LogP contribution in [0.3, 0.4) is 0 Å². The minimum atomic E-state index is -0.352. The molecule has 0 atom stereocenters. The quantitative estimate of drug-likeness (QED) is 0.598. The Hall–Kier alpha value is -2.61. The van der Waals surface area contributed by atoms with Gasteiger partial charge in [0.15, 0.2) is 10.4 Å². The molecule has 0 aliphatic rings. The lowest BCUT2D eigenvalue weighted by Gasteiger charge is -2.09. The van der Waals surface area contributed by atoms with Crippen LogP contribution >= 0.6 is 15.9 Å². The highest BCUT2D eigenvalue weighted by Gasteiger charge is 2.11. The summed E-state index contributed by atoms with van der Waals surface area (Å²) in [5, 5.41) is 8.11. The molecule has 1 heterocycles. The van der Waals surface area contributed by atoms with E-state index in [-0.39, 0.29) is 42.5 Å². The third-order valence-corrected chi connectivity index (χ3v) is 3.86. The van der Waals surface area contributed by atoms with Crippen LogP contribution in [-0.4, -0.2) is 30.8 Å². The lowest BCUT2D eigenvalue weighted by Crippen LogP contribution is -2.34. The van der Waals surface area contributed by atoms with E-state index in [2.05, 4.69) is 31.9 Å². The Kier molecular flexibility index (Phi) is 6.97. The average Bonchev–Trinajstić information content (AvgIpc) is 3.05. The fraction of sp³-hybridized carbons (Fsp3) is 0.278. The Morgan fingerprint density at radius 1 is 0.962 bits per heavy atom. The van der Waals surface area contributed by atoms with Crippen molar-refractivity contribution in [2.24, 2.45) is 5.92 Å². The molecule has 26 heavy (non-hydrogen) atoms. The highest BCUT2D eigenvalue weighted by molar-refractivity contribution is 9.10. The first kappa shape index (κ1) is 19.7.